The van der Waals surface area contributed by atoms with Crippen LogP contribution in [0.4, 0.5) is 0 Å². The molecular weight excluding hydrogens is 152 g/mol. The number of rotatable bonds is 4. The number of aromatic nitrogens is 1. The number of aliphatic hydroxyl groups is 1. The minimum absolute atomic E-state index is 0.111. The van der Waals surface area contributed by atoms with Gasteiger partial charge >= 0.3 is 0 Å². The normalized spacial score (nSPS) is 10.6. The molecule has 0 spiro atoms. The van der Waals surface area contributed by atoms with Crippen LogP contribution in [0.2, 0.25) is 0 Å². The summed E-state index contributed by atoms with van der Waals surface area (Å²) in [6, 6.07) is 3.96. The van der Waals surface area contributed by atoms with Crippen molar-refractivity contribution in [3.05, 3.63) is 30.1 Å². The summed E-state index contributed by atoms with van der Waals surface area (Å²) < 4.78 is 0. The van der Waals surface area contributed by atoms with Crippen LogP contribution in [0, 0.1) is 0 Å². The molecule has 0 fully saturated rings. The van der Waals surface area contributed by atoms with Crippen LogP contribution in [0.3, 0.4) is 0 Å². The van der Waals surface area contributed by atoms with Gasteiger partial charge in [-0.25, -0.2) is 0 Å². The van der Waals surface area contributed by atoms with Crippen molar-refractivity contribution < 1.29 is 5.11 Å². The maximum absolute atomic E-state index is 8.72. The molecule has 0 aliphatic rings. The Hall–Kier alpha value is -0.930. The van der Waals surface area contributed by atoms with Gasteiger partial charge in [0.25, 0.3) is 0 Å². The van der Waals surface area contributed by atoms with E-state index in [0.717, 1.165) is 13.0 Å². The van der Waals surface area contributed by atoms with Gasteiger partial charge in [0.05, 0.1) is 6.73 Å². The van der Waals surface area contributed by atoms with Crippen molar-refractivity contribution >= 4 is 0 Å². The molecular formula is C9H14N2O. The van der Waals surface area contributed by atoms with Gasteiger partial charge in [0.2, 0.25) is 0 Å². The minimum atomic E-state index is 0.111. The van der Waals surface area contributed by atoms with Crippen LogP contribution in [0.15, 0.2) is 24.5 Å². The maximum Gasteiger partial charge on any atom is 0.0954 e. The highest BCUT2D eigenvalue weighted by Gasteiger charge is 1.96. The zero-order valence-electron chi connectivity index (χ0n) is 7.27. The molecule has 0 atom stereocenters. The Kier molecular flexibility index (Phi) is 3.70. The highest BCUT2D eigenvalue weighted by atomic mass is 16.3. The van der Waals surface area contributed by atoms with Gasteiger partial charge in [0.1, 0.15) is 0 Å². The van der Waals surface area contributed by atoms with Crippen LogP contribution >= 0.6 is 0 Å². The van der Waals surface area contributed by atoms with Crippen molar-refractivity contribution in [3.8, 4) is 0 Å². The van der Waals surface area contributed by atoms with E-state index >= 15 is 0 Å². The van der Waals surface area contributed by atoms with Crippen LogP contribution < -0.4 is 0 Å². The van der Waals surface area contributed by atoms with Crippen LogP contribution in [0.1, 0.15) is 5.56 Å². The molecule has 1 aromatic rings. The molecule has 0 bridgehead atoms. The third kappa shape index (κ3) is 2.98. The average molecular weight is 166 g/mol. The van der Waals surface area contributed by atoms with Crippen molar-refractivity contribution in [3.63, 3.8) is 0 Å². The zero-order valence-corrected chi connectivity index (χ0v) is 7.27. The van der Waals surface area contributed by atoms with Gasteiger partial charge in [-0.05, 0) is 25.1 Å². The molecule has 0 aliphatic heterocycles. The number of aliphatic hydroxyl groups excluding tert-OH is 1. The van der Waals surface area contributed by atoms with Gasteiger partial charge in [0.15, 0.2) is 0 Å². The fourth-order valence-electron chi connectivity index (χ4n) is 0.937. The van der Waals surface area contributed by atoms with E-state index in [1.54, 1.807) is 6.20 Å². The van der Waals surface area contributed by atoms with Crippen molar-refractivity contribution in [2.24, 2.45) is 0 Å². The summed E-state index contributed by atoms with van der Waals surface area (Å²) in [5.74, 6) is 0. The molecule has 1 rings (SSSR count). The summed E-state index contributed by atoms with van der Waals surface area (Å²) in [7, 11) is 1.89. The summed E-state index contributed by atoms with van der Waals surface area (Å²) in [5.41, 5.74) is 1.21. The molecule has 12 heavy (non-hydrogen) atoms. The van der Waals surface area contributed by atoms with Crippen molar-refractivity contribution in [2.45, 2.75) is 6.42 Å². The lowest BCUT2D eigenvalue weighted by Gasteiger charge is -2.11. The lowest BCUT2D eigenvalue weighted by molar-refractivity contribution is 0.134. The SMILES string of the molecule is CN(CO)CCc1cccnc1. The van der Waals surface area contributed by atoms with E-state index in [0.29, 0.717) is 0 Å². The number of pyridine rings is 1. The van der Waals surface area contributed by atoms with Gasteiger partial charge in [-0.1, -0.05) is 6.07 Å². The largest absolute Gasteiger partial charge is 0.381 e. The Labute approximate surface area is 72.7 Å². The Bertz CT molecular complexity index is 213. The summed E-state index contributed by atoms with van der Waals surface area (Å²) in [6.45, 7) is 0.975. The lowest BCUT2D eigenvalue weighted by Crippen LogP contribution is -2.21. The van der Waals surface area contributed by atoms with Crippen molar-refractivity contribution in [2.75, 3.05) is 20.3 Å². The van der Waals surface area contributed by atoms with E-state index in [1.807, 2.05) is 30.3 Å². The van der Waals surface area contributed by atoms with Crippen LogP contribution in [0.5, 0.6) is 0 Å². The predicted octanol–water partition coefficient (Wildman–Crippen LogP) is 0.506. The van der Waals surface area contributed by atoms with E-state index in [9.17, 15) is 0 Å². The summed E-state index contributed by atoms with van der Waals surface area (Å²) in [6.07, 6.45) is 4.55. The molecule has 0 saturated carbocycles. The second kappa shape index (κ2) is 4.85. The van der Waals surface area contributed by atoms with E-state index in [-0.39, 0.29) is 6.73 Å². The van der Waals surface area contributed by atoms with Crippen LogP contribution in [0.25, 0.3) is 0 Å². The number of likely N-dealkylation sites (N-methyl/N-ethyl adjacent to an activating group) is 1. The second-order valence-electron chi connectivity index (χ2n) is 2.83. The Morgan fingerprint density at radius 3 is 3.00 bits per heavy atom. The fourth-order valence-corrected chi connectivity index (χ4v) is 0.937. The summed E-state index contributed by atoms with van der Waals surface area (Å²) in [4.78, 5) is 5.86. The number of hydrogen-bond donors (Lipinski definition) is 1. The average Bonchev–Trinajstić information content (AvgIpc) is 2.16. The Balaban J connectivity index is 2.33. The number of hydrogen-bond acceptors (Lipinski definition) is 3. The van der Waals surface area contributed by atoms with E-state index in [4.69, 9.17) is 5.11 Å². The molecule has 1 heterocycles. The summed E-state index contributed by atoms with van der Waals surface area (Å²) in [5, 5.41) is 8.72. The third-order valence-corrected chi connectivity index (χ3v) is 1.75. The molecule has 0 aliphatic carbocycles. The molecule has 1 aromatic heterocycles. The fraction of sp³-hybridized carbons (Fsp3) is 0.444. The lowest BCUT2D eigenvalue weighted by atomic mass is 10.2. The summed E-state index contributed by atoms with van der Waals surface area (Å²) >= 11 is 0. The Morgan fingerprint density at radius 1 is 1.58 bits per heavy atom. The maximum atomic E-state index is 8.72. The molecule has 0 radical (unpaired) electrons. The highest BCUT2D eigenvalue weighted by molar-refractivity contribution is 5.08. The first-order valence-electron chi connectivity index (χ1n) is 4.01. The minimum Gasteiger partial charge on any atom is -0.381 e. The van der Waals surface area contributed by atoms with Crippen molar-refractivity contribution in [1.29, 1.82) is 0 Å². The van der Waals surface area contributed by atoms with E-state index in [1.165, 1.54) is 5.56 Å². The van der Waals surface area contributed by atoms with Crippen LogP contribution in [-0.2, 0) is 6.42 Å². The predicted molar refractivity (Wildman–Crippen MR) is 47.7 cm³/mol. The highest BCUT2D eigenvalue weighted by Crippen LogP contribution is 1.97. The molecule has 3 heteroatoms. The topological polar surface area (TPSA) is 36.4 Å². The first-order valence-corrected chi connectivity index (χ1v) is 4.01. The molecule has 3 nitrogen and oxygen atoms in total. The Morgan fingerprint density at radius 2 is 2.42 bits per heavy atom. The quantitative estimate of drug-likeness (QED) is 0.662. The first kappa shape index (κ1) is 9.16. The van der Waals surface area contributed by atoms with Gasteiger partial charge in [0, 0.05) is 18.9 Å². The monoisotopic (exact) mass is 166 g/mol. The molecule has 66 valence electrons. The molecule has 0 aromatic carbocycles. The first-order chi connectivity index (χ1) is 5.83. The van der Waals surface area contributed by atoms with Gasteiger partial charge < -0.3 is 5.11 Å². The van der Waals surface area contributed by atoms with Crippen LogP contribution in [-0.4, -0.2) is 35.3 Å². The van der Waals surface area contributed by atoms with Gasteiger partial charge in [-0.3, -0.25) is 9.88 Å². The standard InChI is InChI=1S/C9H14N2O/c1-11(8-12)6-4-9-3-2-5-10-7-9/h2-3,5,7,12H,4,6,8H2,1H3. The molecule has 1 N–H and O–H groups in total. The van der Waals surface area contributed by atoms with Gasteiger partial charge in [-0.15, -0.1) is 0 Å². The smallest absolute Gasteiger partial charge is 0.0954 e. The molecule has 0 unspecified atom stereocenters. The van der Waals surface area contributed by atoms with E-state index in [2.05, 4.69) is 4.98 Å². The van der Waals surface area contributed by atoms with Gasteiger partial charge in [-0.2, -0.15) is 0 Å². The van der Waals surface area contributed by atoms with Crippen molar-refractivity contribution in [1.82, 2.24) is 9.88 Å². The van der Waals surface area contributed by atoms with E-state index < -0.39 is 0 Å². The molecule has 0 amide bonds. The number of nitrogens with zero attached hydrogens (tertiary/aromatic N) is 2. The third-order valence-electron chi connectivity index (χ3n) is 1.75. The second-order valence-corrected chi connectivity index (χ2v) is 2.83. The zero-order chi connectivity index (χ0) is 8.81. The molecule has 0 saturated heterocycles.